The number of phenols is 1. The molecule has 0 unspecified atom stereocenters. The number of nitrogens with one attached hydrogen (secondary N) is 1. The van der Waals surface area contributed by atoms with Crippen molar-refractivity contribution < 1.29 is 9.90 Å². The molecule has 1 aromatic carbocycles. The Labute approximate surface area is 82.3 Å². The van der Waals surface area contributed by atoms with Gasteiger partial charge in [-0.25, -0.2) is 5.43 Å². The molecule has 0 aliphatic carbocycles. The molecule has 4 nitrogen and oxygen atoms in total. The number of benzene rings is 1. The van der Waals surface area contributed by atoms with Crippen LogP contribution in [-0.2, 0) is 4.79 Å². The fourth-order valence-corrected chi connectivity index (χ4v) is 0.930. The minimum absolute atomic E-state index is 0.205. The number of carbonyl (C=O) groups excluding carboxylic acids is 1. The molecule has 74 valence electrons. The number of amides is 1. The average Bonchev–Trinajstić information content (AvgIpc) is 2.15. The van der Waals surface area contributed by atoms with Crippen LogP contribution in [0.3, 0.4) is 0 Å². The van der Waals surface area contributed by atoms with Crippen molar-refractivity contribution in [2.24, 2.45) is 5.10 Å². The molecule has 0 aromatic heterocycles. The summed E-state index contributed by atoms with van der Waals surface area (Å²) >= 11 is 0. The van der Waals surface area contributed by atoms with Crippen LogP contribution in [0.25, 0.3) is 0 Å². The zero-order valence-electron chi connectivity index (χ0n) is 8.11. The standard InChI is InChI=1S/C10H12N2O2/c1-7(11-12-8(2)13)9-3-5-10(14)6-4-9/h3-6,14H,1-2H3,(H,12,13)/b11-7+. The highest BCUT2D eigenvalue weighted by atomic mass is 16.3. The fourth-order valence-electron chi connectivity index (χ4n) is 0.930. The Morgan fingerprint density at radius 1 is 1.29 bits per heavy atom. The number of nitrogens with zero attached hydrogens (tertiary/aromatic N) is 1. The van der Waals surface area contributed by atoms with Gasteiger partial charge in [0.2, 0.25) is 5.91 Å². The third kappa shape index (κ3) is 2.90. The van der Waals surface area contributed by atoms with Gasteiger partial charge in [0.1, 0.15) is 5.75 Å². The maximum absolute atomic E-state index is 10.6. The van der Waals surface area contributed by atoms with E-state index in [1.54, 1.807) is 31.2 Å². The Kier molecular flexibility index (Phi) is 3.23. The normalized spacial score (nSPS) is 11.1. The van der Waals surface area contributed by atoms with Crippen molar-refractivity contribution in [1.82, 2.24) is 5.43 Å². The van der Waals surface area contributed by atoms with Crippen LogP contribution in [0.1, 0.15) is 19.4 Å². The molecule has 0 heterocycles. The van der Waals surface area contributed by atoms with Crippen molar-refractivity contribution in [2.75, 3.05) is 0 Å². The summed E-state index contributed by atoms with van der Waals surface area (Å²) < 4.78 is 0. The number of phenolic OH excluding ortho intramolecular Hbond substituents is 1. The average molecular weight is 192 g/mol. The minimum atomic E-state index is -0.205. The summed E-state index contributed by atoms with van der Waals surface area (Å²) in [7, 11) is 0. The molecule has 0 fully saturated rings. The minimum Gasteiger partial charge on any atom is -0.508 e. The first-order chi connectivity index (χ1) is 6.59. The molecule has 0 atom stereocenters. The lowest BCUT2D eigenvalue weighted by Crippen LogP contribution is -2.14. The van der Waals surface area contributed by atoms with E-state index in [0.29, 0.717) is 5.71 Å². The Hall–Kier alpha value is -1.84. The predicted molar refractivity (Wildman–Crippen MR) is 54.1 cm³/mol. The monoisotopic (exact) mass is 192 g/mol. The van der Waals surface area contributed by atoms with Gasteiger partial charge in [0.25, 0.3) is 0 Å². The van der Waals surface area contributed by atoms with Crippen molar-refractivity contribution in [1.29, 1.82) is 0 Å². The Bertz CT molecular complexity index is 355. The zero-order valence-corrected chi connectivity index (χ0v) is 8.11. The quantitative estimate of drug-likeness (QED) is 0.547. The summed E-state index contributed by atoms with van der Waals surface area (Å²) in [6.07, 6.45) is 0. The van der Waals surface area contributed by atoms with Gasteiger partial charge in [-0.2, -0.15) is 5.10 Å². The molecule has 0 aliphatic heterocycles. The Balaban J connectivity index is 2.78. The second-order valence-corrected chi connectivity index (χ2v) is 2.91. The topological polar surface area (TPSA) is 61.7 Å². The molecule has 0 aliphatic rings. The van der Waals surface area contributed by atoms with Crippen molar-refractivity contribution in [3.8, 4) is 5.75 Å². The Morgan fingerprint density at radius 3 is 2.36 bits per heavy atom. The first-order valence-electron chi connectivity index (χ1n) is 4.20. The highest BCUT2D eigenvalue weighted by molar-refractivity contribution is 5.99. The summed E-state index contributed by atoms with van der Waals surface area (Å²) in [5.41, 5.74) is 3.90. The lowest BCUT2D eigenvalue weighted by atomic mass is 10.1. The second kappa shape index (κ2) is 4.41. The lowest BCUT2D eigenvalue weighted by Gasteiger charge is -2.00. The molecule has 0 spiro atoms. The highest BCUT2D eigenvalue weighted by Gasteiger charge is 1.97. The number of rotatable bonds is 2. The molecule has 1 rings (SSSR count). The Morgan fingerprint density at radius 2 is 1.86 bits per heavy atom. The van der Waals surface area contributed by atoms with Crippen LogP contribution < -0.4 is 5.43 Å². The van der Waals surface area contributed by atoms with Gasteiger partial charge in [0.05, 0.1) is 5.71 Å². The molecule has 4 heteroatoms. The van der Waals surface area contributed by atoms with Gasteiger partial charge in [-0.05, 0) is 36.8 Å². The first-order valence-corrected chi connectivity index (χ1v) is 4.20. The third-order valence-electron chi connectivity index (χ3n) is 1.67. The van der Waals surface area contributed by atoms with E-state index in [-0.39, 0.29) is 11.7 Å². The molecule has 14 heavy (non-hydrogen) atoms. The van der Waals surface area contributed by atoms with Crippen LogP contribution in [0.2, 0.25) is 0 Å². The van der Waals surface area contributed by atoms with E-state index in [4.69, 9.17) is 5.11 Å². The summed E-state index contributed by atoms with van der Waals surface area (Å²) in [6, 6.07) is 6.61. The number of aromatic hydroxyl groups is 1. The van der Waals surface area contributed by atoms with Crippen LogP contribution in [0.4, 0.5) is 0 Å². The van der Waals surface area contributed by atoms with Gasteiger partial charge in [-0.3, -0.25) is 4.79 Å². The van der Waals surface area contributed by atoms with E-state index >= 15 is 0 Å². The maximum Gasteiger partial charge on any atom is 0.236 e. The number of carbonyl (C=O) groups is 1. The van der Waals surface area contributed by atoms with Crippen molar-refractivity contribution in [2.45, 2.75) is 13.8 Å². The fraction of sp³-hybridized carbons (Fsp3) is 0.200. The van der Waals surface area contributed by atoms with Crippen LogP contribution in [0.5, 0.6) is 5.75 Å². The molecule has 0 saturated carbocycles. The van der Waals surface area contributed by atoms with Crippen LogP contribution in [-0.4, -0.2) is 16.7 Å². The summed E-state index contributed by atoms with van der Waals surface area (Å²) in [6.45, 7) is 3.18. The van der Waals surface area contributed by atoms with Gasteiger partial charge in [0.15, 0.2) is 0 Å². The molecule has 0 bridgehead atoms. The lowest BCUT2D eigenvalue weighted by molar-refractivity contribution is -0.118. The summed E-state index contributed by atoms with van der Waals surface area (Å²) in [4.78, 5) is 10.6. The van der Waals surface area contributed by atoms with Gasteiger partial charge in [-0.15, -0.1) is 0 Å². The van der Waals surface area contributed by atoms with Crippen LogP contribution in [0, 0.1) is 0 Å². The maximum atomic E-state index is 10.6. The van der Waals surface area contributed by atoms with Crippen molar-refractivity contribution in [3.05, 3.63) is 29.8 Å². The molecule has 0 saturated heterocycles. The third-order valence-corrected chi connectivity index (χ3v) is 1.67. The van der Waals surface area contributed by atoms with E-state index in [1.165, 1.54) is 6.92 Å². The SMILES string of the molecule is CC(=O)N/N=C(\C)c1ccc(O)cc1. The largest absolute Gasteiger partial charge is 0.508 e. The van der Waals surface area contributed by atoms with Crippen molar-refractivity contribution in [3.63, 3.8) is 0 Å². The number of hydrogen-bond donors (Lipinski definition) is 2. The number of hydrazone groups is 1. The number of hydrogen-bond acceptors (Lipinski definition) is 3. The first kappa shape index (κ1) is 10.2. The summed E-state index contributed by atoms with van der Waals surface area (Å²) in [5, 5.41) is 12.9. The highest BCUT2D eigenvalue weighted by Crippen LogP contribution is 2.09. The van der Waals surface area contributed by atoms with E-state index in [1.807, 2.05) is 0 Å². The molecular formula is C10H12N2O2. The van der Waals surface area contributed by atoms with Gasteiger partial charge in [-0.1, -0.05) is 0 Å². The van der Waals surface area contributed by atoms with Gasteiger partial charge >= 0.3 is 0 Å². The van der Waals surface area contributed by atoms with Crippen molar-refractivity contribution >= 4 is 11.6 Å². The predicted octanol–water partition coefficient (Wildman–Crippen LogP) is 1.25. The zero-order chi connectivity index (χ0) is 10.6. The molecular weight excluding hydrogens is 180 g/mol. The van der Waals surface area contributed by atoms with Crippen LogP contribution in [0.15, 0.2) is 29.4 Å². The molecule has 2 N–H and O–H groups in total. The van der Waals surface area contributed by atoms with E-state index < -0.39 is 0 Å². The smallest absolute Gasteiger partial charge is 0.236 e. The molecule has 1 aromatic rings. The van der Waals surface area contributed by atoms with Gasteiger partial charge in [0, 0.05) is 6.92 Å². The molecule has 1 amide bonds. The summed E-state index contributed by atoms with van der Waals surface area (Å²) in [5.74, 6) is 0.00389. The second-order valence-electron chi connectivity index (χ2n) is 2.91. The van der Waals surface area contributed by atoms with E-state index in [2.05, 4.69) is 10.5 Å². The van der Waals surface area contributed by atoms with Crippen LogP contribution >= 0.6 is 0 Å². The van der Waals surface area contributed by atoms with E-state index in [9.17, 15) is 4.79 Å². The molecule has 0 radical (unpaired) electrons. The van der Waals surface area contributed by atoms with Gasteiger partial charge < -0.3 is 5.11 Å². The van der Waals surface area contributed by atoms with E-state index in [0.717, 1.165) is 5.56 Å².